The maximum Gasteiger partial charge on any atom is 0.246 e. The van der Waals surface area contributed by atoms with Crippen LogP contribution in [0.25, 0.3) is 0 Å². The van der Waals surface area contributed by atoms with Gasteiger partial charge in [-0.05, 0) is 93.9 Å². The highest BCUT2D eigenvalue weighted by Gasteiger charge is 2.09. The molecule has 0 unspecified atom stereocenters. The molecule has 6 nitrogen and oxygen atoms in total. The summed E-state index contributed by atoms with van der Waals surface area (Å²) in [6.07, 6.45) is 20.5. The van der Waals surface area contributed by atoms with Gasteiger partial charge >= 0.3 is 0 Å². The Labute approximate surface area is 241 Å². The Morgan fingerprint density at radius 2 is 1.68 bits per heavy atom. The molecule has 216 valence electrons. The van der Waals surface area contributed by atoms with Gasteiger partial charge in [-0.25, -0.2) is 0 Å². The Balaban J connectivity index is 0.000000477. The smallest absolute Gasteiger partial charge is 0.246 e. The molecule has 6 heteroatoms. The van der Waals surface area contributed by atoms with E-state index in [-0.39, 0.29) is 5.91 Å². The zero-order valence-electron chi connectivity index (χ0n) is 24.6. The third-order valence-corrected chi connectivity index (χ3v) is 6.80. The number of aldehydes is 1. The van der Waals surface area contributed by atoms with Crippen LogP contribution in [0.2, 0.25) is 0 Å². The lowest BCUT2D eigenvalue weighted by molar-refractivity contribution is -0.125. The second-order valence-corrected chi connectivity index (χ2v) is 10.1. The number of allylic oxidation sites excluding steroid dienone is 1. The van der Waals surface area contributed by atoms with E-state index in [4.69, 9.17) is 0 Å². The zero-order chi connectivity index (χ0) is 29.6. The molecule has 0 radical (unpaired) electrons. The molecule has 0 atom stereocenters. The number of nitrogens with zero attached hydrogens (tertiary/aromatic N) is 2. The molecule has 3 rings (SSSR count). The van der Waals surface area contributed by atoms with Crippen LogP contribution in [0.15, 0.2) is 54.6 Å². The Kier molecular flexibility index (Phi) is 18.2. The highest BCUT2D eigenvalue weighted by atomic mass is 16.2. The summed E-state index contributed by atoms with van der Waals surface area (Å²) in [5, 5.41) is 2.68. The number of hydrogen-bond donors (Lipinski definition) is 1. The maximum absolute atomic E-state index is 12.3. The molecule has 0 aromatic heterocycles. The van der Waals surface area contributed by atoms with E-state index in [2.05, 4.69) is 66.4 Å². The SMILES string of the molecule is C#C.Cc1ccc(C/C=C\C(=O)N(C)Cc2ccc(C)c(CCC=O)c2)cc1.O=CNCCCN1CCCCC1. The molecule has 1 heterocycles. The summed E-state index contributed by atoms with van der Waals surface area (Å²) in [6.45, 7) is 9.13. The van der Waals surface area contributed by atoms with Crippen molar-refractivity contribution >= 4 is 18.6 Å². The van der Waals surface area contributed by atoms with E-state index >= 15 is 0 Å². The van der Waals surface area contributed by atoms with Crippen LogP contribution in [-0.2, 0) is 33.8 Å². The van der Waals surface area contributed by atoms with Gasteiger partial charge in [-0.3, -0.25) is 9.59 Å². The Morgan fingerprint density at radius 1 is 1.00 bits per heavy atom. The van der Waals surface area contributed by atoms with E-state index in [1.54, 1.807) is 11.0 Å². The first-order chi connectivity index (χ1) is 19.4. The summed E-state index contributed by atoms with van der Waals surface area (Å²) in [5.41, 5.74) is 5.87. The molecule has 0 aliphatic carbocycles. The summed E-state index contributed by atoms with van der Waals surface area (Å²) in [4.78, 5) is 37.0. The number of amides is 2. The van der Waals surface area contributed by atoms with Crippen molar-refractivity contribution in [1.29, 1.82) is 0 Å². The lowest BCUT2D eigenvalue weighted by Crippen LogP contribution is -2.32. The van der Waals surface area contributed by atoms with Crippen LogP contribution in [0.3, 0.4) is 0 Å². The average Bonchev–Trinajstić information content (AvgIpc) is 2.98. The number of aryl methyl sites for hydroxylation is 3. The molecular weight excluding hydrogens is 498 g/mol. The van der Waals surface area contributed by atoms with Crippen LogP contribution in [0.1, 0.15) is 59.9 Å². The minimum atomic E-state index is -0.00729. The van der Waals surface area contributed by atoms with Gasteiger partial charge in [0, 0.05) is 26.6 Å². The fourth-order valence-corrected chi connectivity index (χ4v) is 4.45. The van der Waals surface area contributed by atoms with Gasteiger partial charge < -0.3 is 19.9 Å². The quantitative estimate of drug-likeness (QED) is 0.166. The van der Waals surface area contributed by atoms with Crippen molar-refractivity contribution in [2.24, 2.45) is 0 Å². The predicted octanol–water partition coefficient (Wildman–Crippen LogP) is 5.05. The Morgan fingerprint density at radius 3 is 2.33 bits per heavy atom. The molecule has 1 saturated heterocycles. The van der Waals surface area contributed by atoms with Crippen molar-refractivity contribution < 1.29 is 14.4 Å². The minimum absolute atomic E-state index is 0.00729. The molecule has 40 heavy (non-hydrogen) atoms. The molecule has 1 aliphatic rings. The topological polar surface area (TPSA) is 69.7 Å². The number of terminal acetylenes is 1. The van der Waals surface area contributed by atoms with Gasteiger partial charge in [0.25, 0.3) is 0 Å². The first kappa shape index (κ1) is 34.3. The van der Waals surface area contributed by atoms with Gasteiger partial charge in [0.05, 0.1) is 0 Å². The van der Waals surface area contributed by atoms with E-state index in [1.807, 2.05) is 26.1 Å². The second kappa shape index (κ2) is 21.2. The van der Waals surface area contributed by atoms with Gasteiger partial charge in [0.1, 0.15) is 6.29 Å². The highest BCUT2D eigenvalue weighted by Crippen LogP contribution is 2.15. The Hall–Kier alpha value is -3.69. The number of carbonyl (C=O) groups excluding carboxylic acids is 3. The molecule has 0 bridgehead atoms. The molecule has 1 aliphatic heterocycles. The molecule has 0 spiro atoms. The van der Waals surface area contributed by atoms with Crippen molar-refractivity contribution in [3.63, 3.8) is 0 Å². The summed E-state index contributed by atoms with van der Waals surface area (Å²) in [7, 11) is 1.81. The Bertz CT molecular complexity index is 1050. The van der Waals surface area contributed by atoms with Crippen LogP contribution in [0, 0.1) is 26.7 Å². The number of carbonyl (C=O) groups is 3. The van der Waals surface area contributed by atoms with Crippen LogP contribution in [-0.4, -0.2) is 61.6 Å². The number of hydrogen-bond acceptors (Lipinski definition) is 4. The summed E-state index contributed by atoms with van der Waals surface area (Å²) in [5.74, 6) is -0.00729. The number of piperidine rings is 1. The molecule has 2 aromatic carbocycles. The fraction of sp³-hybridized carbons (Fsp3) is 0.441. The van der Waals surface area contributed by atoms with Gasteiger partial charge in [0.2, 0.25) is 12.3 Å². The van der Waals surface area contributed by atoms with E-state index < -0.39 is 0 Å². The zero-order valence-corrected chi connectivity index (χ0v) is 24.6. The van der Waals surface area contributed by atoms with Gasteiger partial charge in [0.15, 0.2) is 0 Å². The standard InChI is InChI=1S/C23H27NO2.C9H18N2O.C2H2/c1-18-9-12-20(13-10-18)6-4-8-23(26)24(3)17-21-14-11-19(2)22(16-21)7-5-15-25;12-9-10-5-4-8-11-6-2-1-3-7-11;1-2/h4,8-16H,5-7,17H2,1-3H3;9H,1-8H2,(H,10,12);1-2H/b8-4-;;. The monoisotopic (exact) mass is 545 g/mol. The third-order valence-electron chi connectivity index (χ3n) is 6.80. The molecule has 1 N–H and O–H groups in total. The third kappa shape index (κ3) is 14.5. The van der Waals surface area contributed by atoms with E-state index in [0.717, 1.165) is 50.6 Å². The minimum Gasteiger partial charge on any atom is -0.359 e. The van der Waals surface area contributed by atoms with Crippen LogP contribution >= 0.6 is 0 Å². The maximum atomic E-state index is 12.3. The van der Waals surface area contributed by atoms with Crippen molar-refractivity contribution in [1.82, 2.24) is 15.1 Å². The number of nitrogens with one attached hydrogen (secondary N) is 1. The first-order valence-electron chi connectivity index (χ1n) is 14.1. The first-order valence-corrected chi connectivity index (χ1v) is 14.1. The molecule has 2 amide bonds. The molecular formula is C34H47N3O3. The summed E-state index contributed by atoms with van der Waals surface area (Å²) >= 11 is 0. The average molecular weight is 546 g/mol. The van der Waals surface area contributed by atoms with Crippen molar-refractivity contribution in [2.45, 2.75) is 65.3 Å². The highest BCUT2D eigenvalue weighted by molar-refractivity contribution is 5.87. The molecule has 2 aromatic rings. The lowest BCUT2D eigenvalue weighted by atomic mass is 10.0. The predicted molar refractivity (Wildman–Crippen MR) is 165 cm³/mol. The van der Waals surface area contributed by atoms with E-state index in [1.165, 1.54) is 54.6 Å². The number of likely N-dealkylation sites (tertiary alicyclic amines) is 1. The lowest BCUT2D eigenvalue weighted by Gasteiger charge is -2.26. The fourth-order valence-electron chi connectivity index (χ4n) is 4.45. The van der Waals surface area contributed by atoms with Crippen molar-refractivity contribution in [3.8, 4) is 12.8 Å². The van der Waals surface area contributed by atoms with Crippen LogP contribution in [0.4, 0.5) is 0 Å². The normalized spacial score (nSPS) is 12.8. The number of rotatable bonds is 13. The van der Waals surface area contributed by atoms with Gasteiger partial charge in [-0.15, -0.1) is 12.8 Å². The van der Waals surface area contributed by atoms with Crippen molar-refractivity contribution in [2.75, 3.05) is 33.2 Å². The number of benzene rings is 2. The molecule has 0 saturated carbocycles. The summed E-state index contributed by atoms with van der Waals surface area (Å²) < 4.78 is 0. The van der Waals surface area contributed by atoms with Crippen molar-refractivity contribution in [3.05, 3.63) is 82.4 Å². The van der Waals surface area contributed by atoms with Crippen LogP contribution < -0.4 is 5.32 Å². The van der Waals surface area contributed by atoms with E-state index in [0.29, 0.717) is 13.0 Å². The van der Waals surface area contributed by atoms with E-state index in [9.17, 15) is 14.4 Å². The summed E-state index contributed by atoms with van der Waals surface area (Å²) in [6, 6.07) is 14.5. The number of likely N-dealkylation sites (N-methyl/N-ethyl adjacent to an activating group) is 1. The molecule has 1 fully saturated rings. The van der Waals surface area contributed by atoms with Crippen LogP contribution in [0.5, 0.6) is 0 Å². The second-order valence-electron chi connectivity index (χ2n) is 10.1. The largest absolute Gasteiger partial charge is 0.359 e. The van der Waals surface area contributed by atoms with Gasteiger partial charge in [-0.2, -0.15) is 0 Å². The van der Waals surface area contributed by atoms with Gasteiger partial charge in [-0.1, -0.05) is 60.5 Å².